The summed E-state index contributed by atoms with van der Waals surface area (Å²) in [7, 11) is 0. The molecule has 0 aliphatic carbocycles. The van der Waals surface area contributed by atoms with Crippen molar-refractivity contribution >= 4 is 17.4 Å². The van der Waals surface area contributed by atoms with Crippen LogP contribution in [0, 0.1) is 5.92 Å². The van der Waals surface area contributed by atoms with E-state index in [2.05, 4.69) is 6.92 Å². The van der Waals surface area contributed by atoms with Gasteiger partial charge in [-0.3, -0.25) is 4.79 Å². The van der Waals surface area contributed by atoms with Crippen molar-refractivity contribution in [2.24, 2.45) is 11.7 Å². The van der Waals surface area contributed by atoms with Gasteiger partial charge in [-0.25, -0.2) is 0 Å². The predicted octanol–water partition coefficient (Wildman–Crippen LogP) is 2.90. The summed E-state index contributed by atoms with van der Waals surface area (Å²) >= 11 is 5.75. The third-order valence-electron chi connectivity index (χ3n) is 2.42. The number of benzene rings is 1. The van der Waals surface area contributed by atoms with E-state index in [0.717, 1.165) is 12.8 Å². The summed E-state index contributed by atoms with van der Waals surface area (Å²) in [5, 5.41) is 0.645. The number of halogens is 1. The Kier molecular flexibility index (Phi) is 4.79. The summed E-state index contributed by atoms with van der Waals surface area (Å²) in [6.07, 6.45) is 1.82. The molecule has 0 amide bonds. The number of Topliss-reactive ketones (excluding diaryl/α,β-unsaturated/α-hetero) is 1. The first-order chi connectivity index (χ1) is 7.19. The maximum Gasteiger partial charge on any atom is 0.167 e. The Labute approximate surface area is 95.4 Å². The lowest BCUT2D eigenvalue weighted by atomic mass is 9.94. The van der Waals surface area contributed by atoms with Crippen LogP contribution in [0.3, 0.4) is 0 Å². The lowest BCUT2D eigenvalue weighted by molar-refractivity contribution is 0.0917. The van der Waals surface area contributed by atoms with Gasteiger partial charge >= 0.3 is 0 Å². The fraction of sp³-hybridized carbons (Fsp3) is 0.417. The SMILES string of the molecule is CCCC(CN)C(=O)c1ccc(Cl)cc1. The molecule has 0 aliphatic rings. The zero-order valence-corrected chi connectivity index (χ0v) is 9.63. The molecule has 1 aromatic rings. The molecule has 0 heterocycles. The van der Waals surface area contributed by atoms with Crippen LogP contribution < -0.4 is 5.73 Å². The third-order valence-corrected chi connectivity index (χ3v) is 2.67. The van der Waals surface area contributed by atoms with Crippen LogP contribution in [0.25, 0.3) is 0 Å². The first-order valence-electron chi connectivity index (χ1n) is 5.19. The Bertz CT molecular complexity index is 321. The number of carbonyl (C=O) groups excluding carboxylic acids is 1. The Morgan fingerprint density at radius 3 is 2.47 bits per heavy atom. The molecule has 0 aromatic heterocycles. The number of hydrogen-bond donors (Lipinski definition) is 1. The number of ketones is 1. The van der Waals surface area contributed by atoms with E-state index >= 15 is 0 Å². The van der Waals surface area contributed by atoms with E-state index < -0.39 is 0 Å². The summed E-state index contributed by atoms with van der Waals surface area (Å²) in [4.78, 5) is 12.0. The molecule has 0 spiro atoms. The van der Waals surface area contributed by atoms with Gasteiger partial charge in [-0.15, -0.1) is 0 Å². The maximum atomic E-state index is 12.0. The van der Waals surface area contributed by atoms with Crippen LogP contribution >= 0.6 is 11.6 Å². The van der Waals surface area contributed by atoms with Gasteiger partial charge in [-0.2, -0.15) is 0 Å². The number of carbonyl (C=O) groups is 1. The molecular weight excluding hydrogens is 210 g/mol. The standard InChI is InChI=1S/C12H16ClNO/c1-2-3-10(8-14)12(15)9-4-6-11(13)7-5-9/h4-7,10H,2-3,8,14H2,1H3. The Balaban J connectivity index is 2.78. The molecule has 2 N–H and O–H groups in total. The molecule has 2 nitrogen and oxygen atoms in total. The zero-order chi connectivity index (χ0) is 11.3. The monoisotopic (exact) mass is 225 g/mol. The van der Waals surface area contributed by atoms with Gasteiger partial charge in [0.1, 0.15) is 0 Å². The van der Waals surface area contributed by atoms with Gasteiger partial charge in [0, 0.05) is 23.0 Å². The highest BCUT2D eigenvalue weighted by atomic mass is 35.5. The quantitative estimate of drug-likeness (QED) is 0.783. The molecule has 1 rings (SSSR count). The molecule has 1 aromatic carbocycles. The van der Waals surface area contributed by atoms with Crippen LogP contribution in [-0.4, -0.2) is 12.3 Å². The second-order valence-corrected chi connectivity index (χ2v) is 4.03. The average molecular weight is 226 g/mol. The Morgan fingerprint density at radius 1 is 1.40 bits per heavy atom. The van der Waals surface area contributed by atoms with Crippen LogP contribution in [-0.2, 0) is 0 Å². The summed E-state index contributed by atoms with van der Waals surface area (Å²) in [6.45, 7) is 2.47. The van der Waals surface area contributed by atoms with E-state index in [4.69, 9.17) is 17.3 Å². The van der Waals surface area contributed by atoms with Gasteiger partial charge in [0.25, 0.3) is 0 Å². The Morgan fingerprint density at radius 2 is 2.00 bits per heavy atom. The van der Waals surface area contributed by atoms with E-state index in [1.54, 1.807) is 24.3 Å². The average Bonchev–Trinajstić information content (AvgIpc) is 2.26. The number of hydrogen-bond acceptors (Lipinski definition) is 2. The number of nitrogens with two attached hydrogens (primary N) is 1. The minimum Gasteiger partial charge on any atom is -0.330 e. The molecule has 0 radical (unpaired) electrons. The molecule has 1 atom stereocenters. The lowest BCUT2D eigenvalue weighted by Crippen LogP contribution is -2.23. The van der Waals surface area contributed by atoms with Crippen molar-refractivity contribution in [2.75, 3.05) is 6.54 Å². The second-order valence-electron chi connectivity index (χ2n) is 3.59. The van der Waals surface area contributed by atoms with Gasteiger partial charge in [0.15, 0.2) is 5.78 Å². The summed E-state index contributed by atoms with van der Waals surface area (Å²) in [6, 6.07) is 6.97. The molecule has 82 valence electrons. The first kappa shape index (κ1) is 12.2. The summed E-state index contributed by atoms with van der Waals surface area (Å²) in [5.74, 6) is 0.0622. The first-order valence-corrected chi connectivity index (χ1v) is 5.56. The van der Waals surface area contributed by atoms with Gasteiger partial charge in [-0.1, -0.05) is 24.9 Å². The van der Waals surface area contributed by atoms with Crippen LogP contribution in [0.15, 0.2) is 24.3 Å². The van der Waals surface area contributed by atoms with E-state index in [-0.39, 0.29) is 11.7 Å². The zero-order valence-electron chi connectivity index (χ0n) is 8.87. The van der Waals surface area contributed by atoms with Crippen LogP contribution in [0.1, 0.15) is 30.1 Å². The molecule has 0 saturated carbocycles. The van der Waals surface area contributed by atoms with Crippen molar-refractivity contribution in [2.45, 2.75) is 19.8 Å². The molecule has 0 aliphatic heterocycles. The fourth-order valence-corrected chi connectivity index (χ4v) is 1.68. The van der Waals surface area contributed by atoms with Crippen molar-refractivity contribution in [3.05, 3.63) is 34.9 Å². The van der Waals surface area contributed by atoms with Gasteiger partial charge < -0.3 is 5.73 Å². The third kappa shape index (κ3) is 3.33. The molecule has 3 heteroatoms. The van der Waals surface area contributed by atoms with Crippen molar-refractivity contribution in [1.82, 2.24) is 0 Å². The van der Waals surface area contributed by atoms with E-state index in [1.807, 2.05) is 0 Å². The van der Waals surface area contributed by atoms with Gasteiger partial charge in [-0.05, 0) is 30.7 Å². The largest absolute Gasteiger partial charge is 0.330 e. The Hall–Kier alpha value is -0.860. The molecule has 15 heavy (non-hydrogen) atoms. The fourth-order valence-electron chi connectivity index (χ4n) is 1.55. The normalized spacial score (nSPS) is 12.5. The van der Waals surface area contributed by atoms with E-state index in [9.17, 15) is 4.79 Å². The predicted molar refractivity (Wildman–Crippen MR) is 63.2 cm³/mol. The minimum atomic E-state index is -0.0591. The van der Waals surface area contributed by atoms with E-state index in [0.29, 0.717) is 17.1 Å². The van der Waals surface area contributed by atoms with Crippen LogP contribution in [0.2, 0.25) is 5.02 Å². The van der Waals surface area contributed by atoms with Crippen molar-refractivity contribution < 1.29 is 4.79 Å². The van der Waals surface area contributed by atoms with Crippen molar-refractivity contribution in [3.63, 3.8) is 0 Å². The maximum absolute atomic E-state index is 12.0. The molecular formula is C12H16ClNO. The highest BCUT2D eigenvalue weighted by Crippen LogP contribution is 2.16. The van der Waals surface area contributed by atoms with E-state index in [1.165, 1.54) is 0 Å². The van der Waals surface area contributed by atoms with Crippen molar-refractivity contribution in [3.8, 4) is 0 Å². The molecule has 0 saturated heterocycles. The summed E-state index contributed by atoms with van der Waals surface area (Å²) < 4.78 is 0. The highest BCUT2D eigenvalue weighted by Gasteiger charge is 2.17. The molecule has 1 unspecified atom stereocenters. The van der Waals surface area contributed by atoms with Crippen LogP contribution in [0.4, 0.5) is 0 Å². The minimum absolute atomic E-state index is 0.0591. The van der Waals surface area contributed by atoms with Crippen LogP contribution in [0.5, 0.6) is 0 Å². The number of rotatable bonds is 5. The highest BCUT2D eigenvalue weighted by molar-refractivity contribution is 6.30. The van der Waals surface area contributed by atoms with Gasteiger partial charge in [0.05, 0.1) is 0 Å². The smallest absolute Gasteiger partial charge is 0.167 e. The summed E-state index contributed by atoms with van der Waals surface area (Å²) in [5.41, 5.74) is 6.28. The lowest BCUT2D eigenvalue weighted by Gasteiger charge is -2.12. The topological polar surface area (TPSA) is 43.1 Å². The second kappa shape index (κ2) is 5.89. The molecule has 0 bridgehead atoms. The van der Waals surface area contributed by atoms with Gasteiger partial charge in [0.2, 0.25) is 0 Å². The van der Waals surface area contributed by atoms with Crippen molar-refractivity contribution in [1.29, 1.82) is 0 Å². The molecule has 0 fully saturated rings.